The number of methoxy groups -OCH3 is 1. The van der Waals surface area contributed by atoms with E-state index in [0.717, 1.165) is 0 Å². The third kappa shape index (κ3) is 6.71. The Morgan fingerprint density at radius 3 is 2.24 bits per heavy atom. The van der Waals surface area contributed by atoms with Gasteiger partial charge in [0, 0.05) is 7.05 Å². The van der Waals surface area contributed by atoms with Crippen LogP contribution in [0.2, 0.25) is 0 Å². The molecule has 1 aromatic rings. The Labute approximate surface area is 147 Å². The normalized spacial score (nSPS) is 12.5. The Hall–Kier alpha value is -2.13. The average molecular weight is 372 g/mol. The van der Waals surface area contributed by atoms with Gasteiger partial charge in [-0.2, -0.15) is 4.72 Å². The summed E-state index contributed by atoms with van der Waals surface area (Å²) in [6.45, 7) is 3.23. The van der Waals surface area contributed by atoms with Crippen LogP contribution in [0, 0.1) is 5.92 Å². The predicted molar refractivity (Wildman–Crippen MR) is 91.6 cm³/mol. The van der Waals surface area contributed by atoms with E-state index >= 15 is 0 Å². The molecule has 8 nitrogen and oxygen atoms in total. The van der Waals surface area contributed by atoms with Crippen LogP contribution in [0.15, 0.2) is 29.2 Å². The molecule has 9 heteroatoms. The number of sulfonamides is 1. The quantitative estimate of drug-likeness (QED) is 0.617. The molecule has 1 rings (SSSR count). The maximum absolute atomic E-state index is 12.5. The van der Waals surface area contributed by atoms with Gasteiger partial charge in [-0.05, 0) is 36.6 Å². The summed E-state index contributed by atoms with van der Waals surface area (Å²) in [7, 11) is -1.04. The molecular formula is C16H24N2O6S. The molecule has 1 aromatic carbocycles. The third-order valence-electron chi connectivity index (χ3n) is 3.28. The highest BCUT2D eigenvalue weighted by Gasteiger charge is 2.28. The lowest BCUT2D eigenvalue weighted by Gasteiger charge is -2.19. The summed E-state index contributed by atoms with van der Waals surface area (Å²) in [6, 6.07) is 4.69. The van der Waals surface area contributed by atoms with Crippen molar-refractivity contribution in [2.75, 3.05) is 20.8 Å². The van der Waals surface area contributed by atoms with Crippen molar-refractivity contribution in [1.82, 2.24) is 10.0 Å². The maximum Gasteiger partial charge on any atom is 0.324 e. The zero-order valence-corrected chi connectivity index (χ0v) is 15.6. The monoisotopic (exact) mass is 372 g/mol. The zero-order valence-electron chi connectivity index (χ0n) is 14.7. The number of benzene rings is 1. The highest BCUT2D eigenvalue weighted by Crippen LogP contribution is 2.17. The largest absolute Gasteiger partial charge is 0.497 e. The fraction of sp³-hybridized carbons (Fsp3) is 0.500. The van der Waals surface area contributed by atoms with Gasteiger partial charge in [-0.15, -0.1) is 0 Å². The topological polar surface area (TPSA) is 111 Å². The second kappa shape index (κ2) is 9.38. The fourth-order valence-electron chi connectivity index (χ4n) is 1.98. The summed E-state index contributed by atoms with van der Waals surface area (Å²) in [5, 5.41) is 2.32. The molecule has 0 aliphatic heterocycles. The van der Waals surface area contributed by atoms with Crippen LogP contribution in [-0.2, 0) is 24.3 Å². The molecule has 0 saturated heterocycles. The molecule has 1 amide bonds. The third-order valence-corrected chi connectivity index (χ3v) is 4.77. The molecule has 140 valence electrons. The SMILES string of the molecule is CNC(=O)COC(=O)[C@H](CC(C)C)NS(=O)(=O)c1ccc(OC)cc1. The molecule has 0 fully saturated rings. The molecule has 0 aromatic heterocycles. The Bertz CT molecular complexity index is 685. The van der Waals surface area contributed by atoms with Crippen molar-refractivity contribution in [1.29, 1.82) is 0 Å². The van der Waals surface area contributed by atoms with Crippen LogP contribution in [0.5, 0.6) is 5.75 Å². The number of hydrogen-bond donors (Lipinski definition) is 2. The van der Waals surface area contributed by atoms with E-state index in [1.807, 2.05) is 13.8 Å². The number of carbonyl (C=O) groups excluding carboxylic acids is 2. The molecule has 0 aliphatic rings. The Morgan fingerprint density at radius 2 is 1.76 bits per heavy atom. The number of carbonyl (C=O) groups is 2. The molecule has 0 unspecified atom stereocenters. The van der Waals surface area contributed by atoms with Gasteiger partial charge in [0.05, 0.1) is 12.0 Å². The van der Waals surface area contributed by atoms with Crippen molar-refractivity contribution in [3.63, 3.8) is 0 Å². The van der Waals surface area contributed by atoms with Crippen LogP contribution in [0.3, 0.4) is 0 Å². The molecular weight excluding hydrogens is 348 g/mol. The Balaban J connectivity index is 2.91. The average Bonchev–Trinajstić information content (AvgIpc) is 2.58. The number of nitrogens with one attached hydrogen (secondary N) is 2. The van der Waals surface area contributed by atoms with Gasteiger partial charge in [-0.1, -0.05) is 13.8 Å². The minimum Gasteiger partial charge on any atom is -0.497 e. The molecule has 2 N–H and O–H groups in total. The summed E-state index contributed by atoms with van der Waals surface area (Å²) in [6.07, 6.45) is 0.238. The fourth-order valence-corrected chi connectivity index (χ4v) is 3.18. The number of esters is 1. The maximum atomic E-state index is 12.5. The number of hydrogen-bond acceptors (Lipinski definition) is 6. The number of amides is 1. The van der Waals surface area contributed by atoms with E-state index in [0.29, 0.717) is 5.75 Å². The summed E-state index contributed by atoms with van der Waals surface area (Å²) >= 11 is 0. The molecule has 0 saturated carbocycles. The predicted octanol–water partition coefficient (Wildman–Crippen LogP) is 0.677. The van der Waals surface area contributed by atoms with Crippen LogP contribution in [0.4, 0.5) is 0 Å². The van der Waals surface area contributed by atoms with Crippen LogP contribution in [-0.4, -0.2) is 47.1 Å². The molecule has 0 spiro atoms. The lowest BCUT2D eigenvalue weighted by Crippen LogP contribution is -2.43. The van der Waals surface area contributed by atoms with Gasteiger partial charge in [0.2, 0.25) is 10.0 Å². The summed E-state index contributed by atoms with van der Waals surface area (Å²) in [5.74, 6) is -0.720. The Kier molecular flexibility index (Phi) is 7.85. The number of rotatable bonds is 9. The Morgan fingerprint density at radius 1 is 1.16 bits per heavy atom. The van der Waals surface area contributed by atoms with E-state index in [9.17, 15) is 18.0 Å². The van der Waals surface area contributed by atoms with Gasteiger partial charge in [0.1, 0.15) is 11.8 Å². The highest BCUT2D eigenvalue weighted by molar-refractivity contribution is 7.89. The second-order valence-electron chi connectivity index (χ2n) is 5.76. The summed E-state index contributed by atoms with van der Waals surface area (Å²) in [5.41, 5.74) is 0. The van der Waals surface area contributed by atoms with Crippen molar-refractivity contribution < 1.29 is 27.5 Å². The zero-order chi connectivity index (χ0) is 19.0. The van der Waals surface area contributed by atoms with Gasteiger partial charge in [-0.3, -0.25) is 9.59 Å². The van der Waals surface area contributed by atoms with Gasteiger partial charge in [-0.25, -0.2) is 8.42 Å². The van der Waals surface area contributed by atoms with Gasteiger partial charge in [0.25, 0.3) is 5.91 Å². The van der Waals surface area contributed by atoms with Crippen LogP contribution < -0.4 is 14.8 Å². The van der Waals surface area contributed by atoms with Crippen molar-refractivity contribution in [2.24, 2.45) is 5.92 Å². The van der Waals surface area contributed by atoms with Crippen molar-refractivity contribution in [3.05, 3.63) is 24.3 Å². The molecule has 1 atom stereocenters. The van der Waals surface area contributed by atoms with Crippen LogP contribution in [0.1, 0.15) is 20.3 Å². The molecule has 25 heavy (non-hydrogen) atoms. The van der Waals surface area contributed by atoms with E-state index in [-0.39, 0.29) is 17.2 Å². The lowest BCUT2D eigenvalue weighted by molar-refractivity contribution is -0.150. The van der Waals surface area contributed by atoms with E-state index < -0.39 is 34.5 Å². The molecule has 0 heterocycles. The first-order chi connectivity index (χ1) is 11.7. The minimum absolute atomic E-state index is 0.00107. The molecule has 0 radical (unpaired) electrons. The highest BCUT2D eigenvalue weighted by atomic mass is 32.2. The lowest BCUT2D eigenvalue weighted by atomic mass is 10.1. The molecule has 0 bridgehead atoms. The van der Waals surface area contributed by atoms with E-state index in [1.54, 1.807) is 0 Å². The van der Waals surface area contributed by atoms with Crippen LogP contribution >= 0.6 is 0 Å². The van der Waals surface area contributed by atoms with E-state index in [2.05, 4.69) is 10.0 Å². The smallest absolute Gasteiger partial charge is 0.324 e. The van der Waals surface area contributed by atoms with Crippen molar-refractivity contribution in [2.45, 2.75) is 31.2 Å². The number of ether oxygens (including phenoxy) is 2. The number of likely N-dealkylation sites (N-methyl/N-ethyl adjacent to an activating group) is 1. The van der Waals surface area contributed by atoms with Gasteiger partial charge >= 0.3 is 5.97 Å². The van der Waals surface area contributed by atoms with Gasteiger partial charge < -0.3 is 14.8 Å². The summed E-state index contributed by atoms with van der Waals surface area (Å²) in [4.78, 5) is 23.3. The van der Waals surface area contributed by atoms with Crippen LogP contribution in [0.25, 0.3) is 0 Å². The van der Waals surface area contributed by atoms with E-state index in [4.69, 9.17) is 9.47 Å². The molecule has 0 aliphatic carbocycles. The van der Waals surface area contributed by atoms with Gasteiger partial charge in [0.15, 0.2) is 6.61 Å². The first-order valence-corrected chi connectivity index (χ1v) is 9.21. The van der Waals surface area contributed by atoms with Crippen molar-refractivity contribution in [3.8, 4) is 5.75 Å². The standard InChI is InChI=1S/C16H24N2O6S/c1-11(2)9-14(16(20)24-10-15(19)17-3)18-25(21,22)13-7-5-12(23-4)6-8-13/h5-8,11,14,18H,9-10H2,1-4H3,(H,17,19)/t14-/m0/s1. The van der Waals surface area contributed by atoms with Crippen molar-refractivity contribution >= 4 is 21.9 Å². The first kappa shape index (κ1) is 20.9. The second-order valence-corrected chi connectivity index (χ2v) is 7.47. The summed E-state index contributed by atoms with van der Waals surface area (Å²) < 4.78 is 37.2. The first-order valence-electron chi connectivity index (χ1n) is 7.73. The minimum atomic E-state index is -3.93. The van der Waals surface area contributed by atoms with E-state index in [1.165, 1.54) is 38.4 Å².